The summed E-state index contributed by atoms with van der Waals surface area (Å²) in [5, 5.41) is 1.48. The maximum Gasteiger partial charge on any atom is 0.270 e. The molecule has 126 valence electrons. The van der Waals surface area contributed by atoms with Gasteiger partial charge in [-0.1, -0.05) is 23.7 Å². The zero-order valence-corrected chi connectivity index (χ0v) is 15.5. The lowest BCUT2D eigenvalue weighted by molar-refractivity contribution is 0.0992. The van der Waals surface area contributed by atoms with E-state index in [-0.39, 0.29) is 5.91 Å². The van der Waals surface area contributed by atoms with Crippen molar-refractivity contribution in [1.82, 2.24) is 9.97 Å². The van der Waals surface area contributed by atoms with Crippen LogP contribution < -0.4 is 4.90 Å². The molecule has 0 fully saturated rings. The summed E-state index contributed by atoms with van der Waals surface area (Å²) in [6.07, 6.45) is 2.71. The second-order valence-corrected chi connectivity index (χ2v) is 7.54. The van der Waals surface area contributed by atoms with Crippen LogP contribution in [0.5, 0.6) is 0 Å². The topological polar surface area (TPSA) is 46.1 Å². The molecule has 1 aromatic carbocycles. The van der Waals surface area contributed by atoms with Crippen LogP contribution in [0, 0.1) is 13.8 Å². The number of carbonyl (C=O) groups excluding carboxylic acids is 1. The van der Waals surface area contributed by atoms with Gasteiger partial charge in [0, 0.05) is 29.0 Å². The van der Waals surface area contributed by atoms with Gasteiger partial charge in [-0.15, -0.1) is 11.3 Å². The molecule has 1 amide bonds. The number of carbonyl (C=O) groups is 1. The largest absolute Gasteiger partial charge is 0.307 e. The molecule has 0 spiro atoms. The quantitative estimate of drug-likeness (QED) is 0.659. The highest BCUT2D eigenvalue weighted by Crippen LogP contribution is 2.34. The van der Waals surface area contributed by atoms with E-state index < -0.39 is 0 Å². The van der Waals surface area contributed by atoms with Crippen molar-refractivity contribution in [3.63, 3.8) is 0 Å². The van der Waals surface area contributed by atoms with Crippen molar-refractivity contribution < 1.29 is 4.79 Å². The van der Waals surface area contributed by atoms with Crippen LogP contribution >= 0.6 is 22.9 Å². The van der Waals surface area contributed by atoms with Gasteiger partial charge in [-0.2, -0.15) is 0 Å². The van der Waals surface area contributed by atoms with Crippen LogP contribution in [0.1, 0.15) is 26.6 Å². The van der Waals surface area contributed by atoms with E-state index in [1.165, 1.54) is 11.3 Å². The molecule has 0 radical (unpaired) electrons. The number of benzene rings is 1. The number of aromatic nitrogens is 2. The highest BCUT2D eigenvalue weighted by Gasteiger charge is 2.28. The molecule has 0 saturated carbocycles. The molecule has 0 N–H and O–H groups in total. The van der Waals surface area contributed by atoms with Crippen LogP contribution in [-0.2, 0) is 6.42 Å². The molecule has 1 aliphatic rings. The minimum atomic E-state index is 0.00706. The van der Waals surface area contributed by atoms with Crippen LogP contribution in [0.2, 0.25) is 5.02 Å². The summed E-state index contributed by atoms with van der Waals surface area (Å²) in [5.41, 5.74) is 4.69. The van der Waals surface area contributed by atoms with Gasteiger partial charge in [-0.3, -0.25) is 9.78 Å². The van der Waals surface area contributed by atoms with Crippen molar-refractivity contribution in [3.05, 3.63) is 63.4 Å². The number of rotatable bonds is 2. The molecule has 0 atom stereocenters. The zero-order valence-electron chi connectivity index (χ0n) is 13.9. The van der Waals surface area contributed by atoms with Gasteiger partial charge in [0.2, 0.25) is 0 Å². The Morgan fingerprint density at radius 3 is 2.92 bits per heavy atom. The van der Waals surface area contributed by atoms with E-state index in [4.69, 9.17) is 11.6 Å². The van der Waals surface area contributed by atoms with E-state index in [2.05, 4.69) is 9.97 Å². The smallest absolute Gasteiger partial charge is 0.270 e. The molecule has 6 heteroatoms. The summed E-state index contributed by atoms with van der Waals surface area (Å²) in [4.78, 5) is 24.5. The van der Waals surface area contributed by atoms with Gasteiger partial charge in [0.25, 0.3) is 5.91 Å². The Labute approximate surface area is 155 Å². The number of thiazole rings is 1. The zero-order chi connectivity index (χ0) is 17.6. The van der Waals surface area contributed by atoms with Crippen molar-refractivity contribution in [2.45, 2.75) is 20.3 Å². The first-order valence-corrected chi connectivity index (χ1v) is 9.23. The molecule has 2 aromatic heterocycles. The second kappa shape index (κ2) is 6.24. The normalized spacial score (nSPS) is 13.2. The van der Waals surface area contributed by atoms with Gasteiger partial charge in [-0.25, -0.2) is 4.98 Å². The van der Waals surface area contributed by atoms with Gasteiger partial charge >= 0.3 is 0 Å². The molecule has 3 heterocycles. The molecule has 3 aromatic rings. The Bertz CT molecular complexity index is 983. The number of hydrogen-bond donors (Lipinski definition) is 0. The fraction of sp³-hybridized carbons (Fsp3) is 0.211. The number of nitrogens with zero attached hydrogens (tertiary/aromatic N) is 3. The average Bonchev–Trinajstić information content (AvgIpc) is 3.17. The number of pyridine rings is 1. The summed E-state index contributed by atoms with van der Waals surface area (Å²) in [6, 6.07) is 9.53. The first-order chi connectivity index (χ1) is 12.0. The maximum absolute atomic E-state index is 13.1. The summed E-state index contributed by atoms with van der Waals surface area (Å²) < 4.78 is 0. The van der Waals surface area contributed by atoms with E-state index in [0.717, 1.165) is 39.6 Å². The SMILES string of the molecule is Cc1cc2c(cn1)CCN2C(=O)c1sc(-c2cccc(Cl)c2)nc1C. The third kappa shape index (κ3) is 2.94. The molecule has 4 rings (SSSR count). The Balaban J connectivity index is 1.70. The Kier molecular flexibility index (Phi) is 4.06. The molecule has 0 bridgehead atoms. The Hall–Kier alpha value is -2.24. The number of halogens is 1. The second-order valence-electron chi connectivity index (χ2n) is 6.11. The van der Waals surface area contributed by atoms with Gasteiger partial charge in [0.1, 0.15) is 9.88 Å². The van der Waals surface area contributed by atoms with E-state index >= 15 is 0 Å². The molecule has 0 saturated heterocycles. The lowest BCUT2D eigenvalue weighted by Gasteiger charge is -2.16. The summed E-state index contributed by atoms with van der Waals surface area (Å²) in [5.74, 6) is 0.00706. The molecule has 0 aliphatic carbocycles. The van der Waals surface area contributed by atoms with E-state index in [1.807, 2.05) is 55.3 Å². The average molecular weight is 370 g/mol. The van der Waals surface area contributed by atoms with Crippen LogP contribution in [0.3, 0.4) is 0 Å². The highest BCUT2D eigenvalue weighted by atomic mass is 35.5. The first kappa shape index (κ1) is 16.2. The van der Waals surface area contributed by atoms with Crippen LogP contribution in [0.15, 0.2) is 36.5 Å². The van der Waals surface area contributed by atoms with Crippen molar-refractivity contribution in [1.29, 1.82) is 0 Å². The molecular formula is C19H16ClN3OS. The number of anilines is 1. The maximum atomic E-state index is 13.1. The van der Waals surface area contributed by atoms with Gasteiger partial charge < -0.3 is 4.90 Å². The van der Waals surface area contributed by atoms with E-state index in [1.54, 1.807) is 0 Å². The number of aryl methyl sites for hydroxylation is 2. The molecule has 25 heavy (non-hydrogen) atoms. The predicted molar refractivity (Wildman–Crippen MR) is 102 cm³/mol. The predicted octanol–water partition coefficient (Wildman–Crippen LogP) is 4.68. The third-order valence-electron chi connectivity index (χ3n) is 4.30. The Morgan fingerprint density at radius 1 is 1.28 bits per heavy atom. The van der Waals surface area contributed by atoms with Gasteiger partial charge in [-0.05, 0) is 44.0 Å². The molecule has 1 aliphatic heterocycles. The fourth-order valence-corrected chi connectivity index (χ4v) is 4.25. The summed E-state index contributed by atoms with van der Waals surface area (Å²) >= 11 is 7.49. The van der Waals surface area contributed by atoms with Crippen LogP contribution in [0.4, 0.5) is 5.69 Å². The minimum Gasteiger partial charge on any atom is -0.307 e. The van der Waals surface area contributed by atoms with E-state index in [0.29, 0.717) is 16.4 Å². The molecule has 4 nitrogen and oxygen atoms in total. The minimum absolute atomic E-state index is 0.00706. The van der Waals surface area contributed by atoms with Gasteiger partial charge in [0.05, 0.1) is 11.4 Å². The van der Waals surface area contributed by atoms with Crippen molar-refractivity contribution >= 4 is 34.5 Å². The van der Waals surface area contributed by atoms with Crippen molar-refractivity contribution in [3.8, 4) is 10.6 Å². The fourth-order valence-electron chi connectivity index (χ4n) is 3.04. The molecular weight excluding hydrogens is 354 g/mol. The van der Waals surface area contributed by atoms with Crippen molar-refractivity contribution in [2.24, 2.45) is 0 Å². The Morgan fingerprint density at radius 2 is 2.12 bits per heavy atom. The lowest BCUT2D eigenvalue weighted by Crippen LogP contribution is -2.28. The monoisotopic (exact) mass is 369 g/mol. The van der Waals surface area contributed by atoms with Crippen molar-refractivity contribution in [2.75, 3.05) is 11.4 Å². The number of hydrogen-bond acceptors (Lipinski definition) is 4. The molecule has 0 unspecified atom stereocenters. The standard InChI is InChI=1S/C19H16ClN3OS/c1-11-8-16-14(10-21-11)6-7-23(16)19(24)17-12(2)22-18(25-17)13-4-3-5-15(20)9-13/h3-5,8-10H,6-7H2,1-2H3. The number of amides is 1. The van der Waals surface area contributed by atoms with E-state index in [9.17, 15) is 4.79 Å². The summed E-state index contributed by atoms with van der Waals surface area (Å²) in [6.45, 7) is 4.51. The number of fused-ring (bicyclic) bond motifs is 1. The summed E-state index contributed by atoms with van der Waals surface area (Å²) in [7, 11) is 0. The van der Waals surface area contributed by atoms with Crippen LogP contribution in [-0.4, -0.2) is 22.4 Å². The third-order valence-corrected chi connectivity index (χ3v) is 5.73. The van der Waals surface area contributed by atoms with Crippen LogP contribution in [0.25, 0.3) is 10.6 Å². The first-order valence-electron chi connectivity index (χ1n) is 8.03. The highest BCUT2D eigenvalue weighted by molar-refractivity contribution is 7.17. The lowest BCUT2D eigenvalue weighted by atomic mass is 10.2. The van der Waals surface area contributed by atoms with Gasteiger partial charge in [0.15, 0.2) is 0 Å².